The van der Waals surface area contributed by atoms with E-state index in [1.165, 1.54) is 51.7 Å². The summed E-state index contributed by atoms with van der Waals surface area (Å²) in [4.78, 5) is 5.22. The first-order valence-corrected chi connectivity index (χ1v) is 9.55. The molecule has 1 heterocycles. The normalized spacial score (nSPS) is 19.9. The fraction of sp³-hybridized carbons (Fsp3) is 0.905. The van der Waals surface area contributed by atoms with Gasteiger partial charge in [-0.05, 0) is 80.9 Å². The van der Waals surface area contributed by atoms with E-state index in [1.54, 1.807) is 0 Å². The summed E-state index contributed by atoms with van der Waals surface area (Å²) in [6.45, 7) is 17.3. The van der Waals surface area contributed by atoms with Gasteiger partial charge in [0.05, 0.1) is 0 Å². The van der Waals surface area contributed by atoms with Crippen molar-refractivity contribution in [3.8, 4) is 11.8 Å². The average Bonchev–Trinajstić information content (AvgIpc) is 2.87. The van der Waals surface area contributed by atoms with Crippen LogP contribution in [-0.2, 0) is 0 Å². The van der Waals surface area contributed by atoms with Gasteiger partial charge < -0.3 is 4.90 Å². The van der Waals surface area contributed by atoms with E-state index in [0.717, 1.165) is 12.5 Å². The topological polar surface area (TPSA) is 6.48 Å². The highest BCUT2D eigenvalue weighted by molar-refractivity contribution is 5.06. The predicted octanol–water partition coefficient (Wildman–Crippen LogP) is 4.79. The highest BCUT2D eigenvalue weighted by Gasteiger charge is 2.30. The first-order chi connectivity index (χ1) is 10.6. The zero-order valence-corrected chi connectivity index (χ0v) is 16.8. The number of nitrogens with zero attached hydrogens (tertiary/aromatic N) is 2. The van der Waals surface area contributed by atoms with E-state index in [4.69, 9.17) is 0 Å². The van der Waals surface area contributed by atoms with Gasteiger partial charge in [-0.2, -0.15) is 0 Å². The van der Waals surface area contributed by atoms with Crippen LogP contribution < -0.4 is 0 Å². The van der Waals surface area contributed by atoms with Crippen molar-refractivity contribution in [1.82, 2.24) is 9.80 Å². The van der Waals surface area contributed by atoms with Crippen molar-refractivity contribution in [1.29, 1.82) is 0 Å². The summed E-state index contributed by atoms with van der Waals surface area (Å²) in [5.41, 5.74) is 0.446. The second-order valence-corrected chi connectivity index (χ2v) is 9.24. The van der Waals surface area contributed by atoms with Crippen molar-refractivity contribution in [3.05, 3.63) is 0 Å². The summed E-state index contributed by atoms with van der Waals surface area (Å²) < 4.78 is 0. The van der Waals surface area contributed by atoms with Gasteiger partial charge in [0.1, 0.15) is 0 Å². The van der Waals surface area contributed by atoms with Gasteiger partial charge in [0.25, 0.3) is 0 Å². The van der Waals surface area contributed by atoms with Crippen molar-refractivity contribution < 1.29 is 0 Å². The molecule has 0 N–H and O–H groups in total. The summed E-state index contributed by atoms with van der Waals surface area (Å²) in [7, 11) is 2.28. The number of likely N-dealkylation sites (N-methyl/N-ethyl adjacent to an activating group) is 1. The minimum atomic E-state index is 0.159. The largest absolute Gasteiger partial charge is 0.302 e. The summed E-state index contributed by atoms with van der Waals surface area (Å²) in [6, 6.07) is 0.739. The molecule has 0 spiro atoms. The Labute approximate surface area is 146 Å². The lowest BCUT2D eigenvalue weighted by atomic mass is 9.97. The molecule has 1 aliphatic heterocycles. The minimum absolute atomic E-state index is 0.159. The molecule has 0 aromatic rings. The van der Waals surface area contributed by atoms with Gasteiger partial charge in [0, 0.05) is 30.0 Å². The maximum absolute atomic E-state index is 3.32. The Kier molecular flexibility index (Phi) is 8.11. The molecule has 23 heavy (non-hydrogen) atoms. The van der Waals surface area contributed by atoms with Crippen LogP contribution in [-0.4, -0.2) is 48.1 Å². The molecule has 0 bridgehead atoms. The fourth-order valence-corrected chi connectivity index (χ4v) is 3.11. The molecule has 0 radical (unpaired) electrons. The monoisotopic (exact) mass is 320 g/mol. The molecule has 2 heteroatoms. The van der Waals surface area contributed by atoms with Crippen molar-refractivity contribution in [2.75, 3.05) is 26.7 Å². The number of hydrogen-bond donors (Lipinski definition) is 0. The summed E-state index contributed by atoms with van der Waals surface area (Å²) in [5, 5.41) is 0. The third-order valence-corrected chi connectivity index (χ3v) is 4.84. The van der Waals surface area contributed by atoms with Crippen LogP contribution in [0, 0.1) is 17.3 Å². The van der Waals surface area contributed by atoms with Crippen molar-refractivity contribution in [2.45, 2.75) is 91.6 Å². The van der Waals surface area contributed by atoms with Crippen molar-refractivity contribution in [2.24, 2.45) is 5.41 Å². The SMILES string of the molecule is CN(C1CCN(CCCCCCC#CC(C)(C)C)C1)C(C)(C)C. The molecular formula is C21H40N2. The molecular weight excluding hydrogens is 280 g/mol. The molecule has 1 rings (SSSR count). The van der Waals surface area contributed by atoms with E-state index in [1.807, 2.05) is 0 Å². The van der Waals surface area contributed by atoms with Crippen LogP contribution in [0.3, 0.4) is 0 Å². The smallest absolute Gasteiger partial charge is 0.0237 e. The maximum atomic E-state index is 3.32. The van der Waals surface area contributed by atoms with Gasteiger partial charge in [-0.15, -0.1) is 5.92 Å². The molecule has 1 aliphatic rings. The van der Waals surface area contributed by atoms with Gasteiger partial charge in [-0.25, -0.2) is 0 Å². The highest BCUT2D eigenvalue weighted by atomic mass is 15.3. The quantitative estimate of drug-likeness (QED) is 0.491. The fourth-order valence-electron chi connectivity index (χ4n) is 3.11. The molecule has 2 nitrogen and oxygen atoms in total. The zero-order valence-electron chi connectivity index (χ0n) is 16.8. The standard InChI is InChI=1S/C21H40N2/c1-20(2,3)15-12-10-8-9-11-13-16-23-17-14-19(18-23)22(7)21(4,5)6/h19H,8-11,13-14,16-18H2,1-7H3. The second-order valence-electron chi connectivity index (χ2n) is 9.24. The number of rotatable bonds is 7. The Hall–Kier alpha value is -0.520. The molecule has 1 atom stereocenters. The lowest BCUT2D eigenvalue weighted by molar-refractivity contribution is 0.118. The van der Waals surface area contributed by atoms with E-state index in [9.17, 15) is 0 Å². The zero-order chi connectivity index (χ0) is 17.5. The van der Waals surface area contributed by atoms with Crippen LogP contribution >= 0.6 is 0 Å². The third-order valence-electron chi connectivity index (χ3n) is 4.84. The molecule has 1 saturated heterocycles. The van der Waals surface area contributed by atoms with Crippen molar-refractivity contribution >= 4 is 0 Å². The Morgan fingerprint density at radius 1 is 1.00 bits per heavy atom. The molecule has 1 fully saturated rings. The van der Waals surface area contributed by atoms with E-state index < -0.39 is 0 Å². The Balaban J connectivity index is 2.08. The van der Waals surface area contributed by atoms with Crippen molar-refractivity contribution in [3.63, 3.8) is 0 Å². The van der Waals surface area contributed by atoms with Gasteiger partial charge in [-0.3, -0.25) is 4.90 Å². The van der Waals surface area contributed by atoms with Crippen LogP contribution in [0.5, 0.6) is 0 Å². The summed E-state index contributed by atoms with van der Waals surface area (Å²) >= 11 is 0. The molecule has 134 valence electrons. The maximum Gasteiger partial charge on any atom is 0.0237 e. The number of likely N-dealkylation sites (tertiary alicyclic amines) is 1. The van der Waals surface area contributed by atoms with Crippen LogP contribution in [0.15, 0.2) is 0 Å². The van der Waals surface area contributed by atoms with E-state index >= 15 is 0 Å². The third kappa shape index (κ3) is 8.77. The number of unbranched alkanes of at least 4 members (excludes halogenated alkanes) is 4. The summed E-state index contributed by atoms with van der Waals surface area (Å²) in [5.74, 6) is 6.65. The Morgan fingerprint density at radius 3 is 2.26 bits per heavy atom. The van der Waals surface area contributed by atoms with Crippen LogP contribution in [0.4, 0.5) is 0 Å². The highest BCUT2D eigenvalue weighted by Crippen LogP contribution is 2.22. The lowest BCUT2D eigenvalue weighted by Crippen LogP contribution is -2.46. The van der Waals surface area contributed by atoms with E-state index in [-0.39, 0.29) is 11.0 Å². The molecule has 0 amide bonds. The average molecular weight is 321 g/mol. The molecule has 0 aromatic carbocycles. The van der Waals surface area contributed by atoms with Gasteiger partial charge in [0.15, 0.2) is 0 Å². The number of hydrogen-bond acceptors (Lipinski definition) is 2. The Morgan fingerprint density at radius 2 is 1.65 bits per heavy atom. The minimum Gasteiger partial charge on any atom is -0.302 e. The predicted molar refractivity (Wildman–Crippen MR) is 103 cm³/mol. The molecule has 0 aliphatic carbocycles. The van der Waals surface area contributed by atoms with E-state index in [0.29, 0.717) is 0 Å². The van der Waals surface area contributed by atoms with Crippen LogP contribution in [0.1, 0.15) is 80.1 Å². The molecule has 1 unspecified atom stereocenters. The van der Waals surface area contributed by atoms with E-state index in [2.05, 4.69) is 70.2 Å². The lowest BCUT2D eigenvalue weighted by Gasteiger charge is -2.37. The first-order valence-electron chi connectivity index (χ1n) is 9.55. The first kappa shape index (κ1) is 20.5. The Bertz CT molecular complexity index is 389. The van der Waals surface area contributed by atoms with Gasteiger partial charge >= 0.3 is 0 Å². The van der Waals surface area contributed by atoms with Crippen LogP contribution in [0.25, 0.3) is 0 Å². The molecule has 0 aromatic heterocycles. The summed E-state index contributed by atoms with van der Waals surface area (Å²) in [6.07, 6.45) is 7.69. The van der Waals surface area contributed by atoms with Crippen LogP contribution in [0.2, 0.25) is 0 Å². The van der Waals surface area contributed by atoms with Gasteiger partial charge in [0.2, 0.25) is 0 Å². The second kappa shape index (κ2) is 9.09. The molecule has 0 saturated carbocycles. The van der Waals surface area contributed by atoms with Gasteiger partial charge in [-0.1, -0.05) is 18.8 Å².